The van der Waals surface area contributed by atoms with Crippen LogP contribution in [0.15, 0.2) is 35.3 Å². The molecule has 4 nitrogen and oxygen atoms in total. The third-order valence-electron chi connectivity index (χ3n) is 3.39. The number of hydrogen-bond donors (Lipinski definition) is 1. The Morgan fingerprint density at radius 2 is 2.42 bits per heavy atom. The van der Waals surface area contributed by atoms with Crippen LogP contribution in [0.5, 0.6) is 0 Å². The number of nitrogens with zero attached hydrogens (tertiary/aromatic N) is 2. The van der Waals surface area contributed by atoms with E-state index in [1.165, 1.54) is 17.9 Å². The number of aromatic nitrogens is 2. The van der Waals surface area contributed by atoms with Crippen LogP contribution < -0.4 is 10.9 Å². The highest BCUT2D eigenvalue weighted by molar-refractivity contribution is 7.99. The number of nitrogens with one attached hydrogen (secondary N) is 1. The van der Waals surface area contributed by atoms with Gasteiger partial charge in [0.05, 0.1) is 5.69 Å². The van der Waals surface area contributed by atoms with Gasteiger partial charge in [-0.1, -0.05) is 6.07 Å². The molecule has 1 atom stereocenters. The first kappa shape index (κ1) is 12.7. The number of pyridine rings is 1. The summed E-state index contributed by atoms with van der Waals surface area (Å²) in [6.07, 6.45) is 3.04. The Bertz CT molecular complexity index is 619. The van der Waals surface area contributed by atoms with Crippen LogP contribution in [0, 0.1) is 5.92 Å². The fraction of sp³-hybridized carbons (Fsp3) is 0.429. The molecular formula is C14H17N3OS. The van der Waals surface area contributed by atoms with Gasteiger partial charge >= 0.3 is 0 Å². The molecule has 1 aliphatic heterocycles. The van der Waals surface area contributed by atoms with Crippen molar-refractivity contribution in [3.63, 3.8) is 0 Å². The summed E-state index contributed by atoms with van der Waals surface area (Å²) in [6, 6.07) is 7.21. The average molecular weight is 275 g/mol. The van der Waals surface area contributed by atoms with Gasteiger partial charge in [0.25, 0.3) is 5.56 Å². The summed E-state index contributed by atoms with van der Waals surface area (Å²) in [4.78, 5) is 16.4. The Kier molecular flexibility index (Phi) is 3.84. The molecule has 0 radical (unpaired) electrons. The number of thioether (sulfide) groups is 1. The summed E-state index contributed by atoms with van der Waals surface area (Å²) in [7, 11) is 0. The molecule has 100 valence electrons. The summed E-state index contributed by atoms with van der Waals surface area (Å²) in [6.45, 7) is 1.69. The molecule has 0 amide bonds. The molecule has 1 fully saturated rings. The summed E-state index contributed by atoms with van der Waals surface area (Å²) < 4.78 is 1.57. The number of fused-ring (bicyclic) bond motifs is 1. The fourth-order valence-electron chi connectivity index (χ4n) is 2.34. The maximum absolute atomic E-state index is 11.9. The minimum absolute atomic E-state index is 0.0150. The largest absolute Gasteiger partial charge is 0.311 e. The Morgan fingerprint density at radius 3 is 3.26 bits per heavy atom. The summed E-state index contributed by atoms with van der Waals surface area (Å²) in [5.41, 5.74) is 1.52. The lowest BCUT2D eigenvalue weighted by atomic mass is 10.1. The van der Waals surface area contributed by atoms with Gasteiger partial charge in [0.15, 0.2) is 0 Å². The lowest BCUT2D eigenvalue weighted by Crippen LogP contribution is -2.24. The van der Waals surface area contributed by atoms with Crippen molar-refractivity contribution in [3.8, 4) is 0 Å². The van der Waals surface area contributed by atoms with E-state index in [1.807, 2.05) is 30.0 Å². The van der Waals surface area contributed by atoms with Gasteiger partial charge in [-0.25, -0.2) is 4.98 Å². The number of rotatable bonds is 4. The topological polar surface area (TPSA) is 46.4 Å². The van der Waals surface area contributed by atoms with Crippen LogP contribution in [0.1, 0.15) is 12.1 Å². The van der Waals surface area contributed by atoms with Crippen molar-refractivity contribution in [1.29, 1.82) is 0 Å². The summed E-state index contributed by atoms with van der Waals surface area (Å²) in [5.74, 6) is 3.30. The first-order valence-electron chi connectivity index (χ1n) is 6.59. The predicted octanol–water partition coefficient (Wildman–Crippen LogP) is 1.54. The van der Waals surface area contributed by atoms with Gasteiger partial charge in [-0.05, 0) is 42.5 Å². The SMILES string of the molecule is O=c1cc(CNCC2CCSC2)nc2ccccn12. The van der Waals surface area contributed by atoms with Crippen LogP contribution >= 0.6 is 11.8 Å². The van der Waals surface area contributed by atoms with E-state index in [0.717, 1.165) is 18.2 Å². The minimum Gasteiger partial charge on any atom is -0.311 e. The first-order chi connectivity index (χ1) is 9.33. The molecule has 3 heterocycles. The van der Waals surface area contributed by atoms with E-state index < -0.39 is 0 Å². The molecule has 1 aliphatic rings. The van der Waals surface area contributed by atoms with Gasteiger partial charge in [0, 0.05) is 18.8 Å². The molecule has 1 N–H and O–H groups in total. The van der Waals surface area contributed by atoms with E-state index in [-0.39, 0.29) is 5.56 Å². The van der Waals surface area contributed by atoms with Gasteiger partial charge in [-0.2, -0.15) is 11.8 Å². The van der Waals surface area contributed by atoms with Crippen molar-refractivity contribution >= 4 is 17.4 Å². The predicted molar refractivity (Wildman–Crippen MR) is 78.6 cm³/mol. The second-order valence-corrected chi connectivity index (χ2v) is 6.02. The van der Waals surface area contributed by atoms with Crippen molar-refractivity contribution < 1.29 is 0 Å². The Hall–Kier alpha value is -1.33. The molecule has 5 heteroatoms. The van der Waals surface area contributed by atoms with Gasteiger partial charge in [-0.3, -0.25) is 9.20 Å². The van der Waals surface area contributed by atoms with Crippen LogP contribution in [-0.4, -0.2) is 27.4 Å². The minimum atomic E-state index is -0.0150. The highest BCUT2D eigenvalue weighted by Gasteiger charge is 2.14. The van der Waals surface area contributed by atoms with Crippen molar-refractivity contribution in [3.05, 3.63) is 46.5 Å². The van der Waals surface area contributed by atoms with E-state index in [2.05, 4.69) is 10.3 Å². The fourth-order valence-corrected chi connectivity index (χ4v) is 3.63. The zero-order valence-electron chi connectivity index (χ0n) is 10.7. The van der Waals surface area contributed by atoms with Crippen LogP contribution in [0.4, 0.5) is 0 Å². The highest BCUT2D eigenvalue weighted by atomic mass is 32.2. The van der Waals surface area contributed by atoms with E-state index in [1.54, 1.807) is 16.7 Å². The van der Waals surface area contributed by atoms with Gasteiger partial charge in [-0.15, -0.1) is 0 Å². The quantitative estimate of drug-likeness (QED) is 0.919. The van der Waals surface area contributed by atoms with E-state index in [0.29, 0.717) is 12.2 Å². The second kappa shape index (κ2) is 5.75. The van der Waals surface area contributed by atoms with Gasteiger partial charge < -0.3 is 5.32 Å². The van der Waals surface area contributed by atoms with Gasteiger partial charge in [0.2, 0.25) is 0 Å². The first-order valence-corrected chi connectivity index (χ1v) is 7.74. The van der Waals surface area contributed by atoms with Crippen LogP contribution in [-0.2, 0) is 6.54 Å². The molecule has 3 rings (SSSR count). The highest BCUT2D eigenvalue weighted by Crippen LogP contribution is 2.22. The third-order valence-corrected chi connectivity index (χ3v) is 4.62. The molecule has 0 saturated carbocycles. The Morgan fingerprint density at radius 1 is 1.47 bits per heavy atom. The molecule has 0 bridgehead atoms. The lowest BCUT2D eigenvalue weighted by molar-refractivity contribution is 0.520. The molecule has 2 aromatic rings. The summed E-state index contributed by atoms with van der Waals surface area (Å²) in [5, 5.41) is 3.41. The Balaban J connectivity index is 1.69. The monoisotopic (exact) mass is 275 g/mol. The maximum atomic E-state index is 11.9. The zero-order chi connectivity index (χ0) is 13.1. The Labute approximate surface area is 116 Å². The zero-order valence-corrected chi connectivity index (χ0v) is 11.5. The molecule has 0 aliphatic carbocycles. The molecule has 1 saturated heterocycles. The summed E-state index contributed by atoms with van der Waals surface area (Å²) >= 11 is 2.02. The standard InChI is InChI=1S/C14H17N3OS/c18-14-7-12(9-15-8-11-4-6-19-10-11)16-13-3-1-2-5-17(13)14/h1-3,5,7,11,15H,4,6,8-10H2. The molecular weight excluding hydrogens is 258 g/mol. The van der Waals surface area contributed by atoms with Crippen LogP contribution in [0.2, 0.25) is 0 Å². The molecule has 0 spiro atoms. The molecule has 2 aromatic heterocycles. The maximum Gasteiger partial charge on any atom is 0.258 e. The van der Waals surface area contributed by atoms with Crippen molar-refractivity contribution in [2.45, 2.75) is 13.0 Å². The molecule has 1 unspecified atom stereocenters. The number of hydrogen-bond acceptors (Lipinski definition) is 4. The average Bonchev–Trinajstić information content (AvgIpc) is 2.92. The smallest absolute Gasteiger partial charge is 0.258 e. The van der Waals surface area contributed by atoms with Crippen LogP contribution in [0.3, 0.4) is 0 Å². The molecule has 19 heavy (non-hydrogen) atoms. The van der Waals surface area contributed by atoms with E-state index in [9.17, 15) is 4.79 Å². The normalized spacial score (nSPS) is 19.1. The molecule has 0 aromatic carbocycles. The van der Waals surface area contributed by atoms with Gasteiger partial charge in [0.1, 0.15) is 5.65 Å². The van der Waals surface area contributed by atoms with E-state index in [4.69, 9.17) is 0 Å². The second-order valence-electron chi connectivity index (χ2n) is 4.88. The van der Waals surface area contributed by atoms with E-state index >= 15 is 0 Å². The van der Waals surface area contributed by atoms with Crippen LogP contribution in [0.25, 0.3) is 5.65 Å². The van der Waals surface area contributed by atoms with Crippen molar-refractivity contribution in [2.75, 3.05) is 18.1 Å². The van der Waals surface area contributed by atoms with Crippen molar-refractivity contribution in [2.24, 2.45) is 5.92 Å². The van der Waals surface area contributed by atoms with Crippen molar-refractivity contribution in [1.82, 2.24) is 14.7 Å². The lowest BCUT2D eigenvalue weighted by Gasteiger charge is -2.09. The third kappa shape index (κ3) is 2.98.